The number of rotatable bonds is 6. The molecule has 0 unspecified atom stereocenters. The largest absolute Gasteiger partial charge is 0.310 e. The molecular formula is C60H38N2S. The van der Waals surface area contributed by atoms with Crippen molar-refractivity contribution in [3.63, 3.8) is 0 Å². The van der Waals surface area contributed by atoms with Gasteiger partial charge in [-0.1, -0.05) is 158 Å². The van der Waals surface area contributed by atoms with Gasteiger partial charge in [0.2, 0.25) is 0 Å². The first-order valence-corrected chi connectivity index (χ1v) is 22.4. The van der Waals surface area contributed by atoms with Gasteiger partial charge in [0.1, 0.15) is 0 Å². The van der Waals surface area contributed by atoms with Gasteiger partial charge in [0.15, 0.2) is 0 Å². The molecule has 13 aromatic rings. The third kappa shape index (κ3) is 5.85. The molecule has 2 heterocycles. The minimum absolute atomic E-state index is 1.11. The van der Waals surface area contributed by atoms with E-state index < -0.39 is 0 Å². The highest BCUT2D eigenvalue weighted by atomic mass is 32.1. The van der Waals surface area contributed by atoms with E-state index >= 15 is 0 Å². The Kier molecular flexibility index (Phi) is 8.12. The molecule has 294 valence electrons. The molecule has 0 atom stereocenters. The van der Waals surface area contributed by atoms with Gasteiger partial charge < -0.3 is 9.47 Å². The van der Waals surface area contributed by atoms with Crippen LogP contribution < -0.4 is 4.90 Å². The van der Waals surface area contributed by atoms with Crippen molar-refractivity contribution in [2.24, 2.45) is 0 Å². The lowest BCUT2D eigenvalue weighted by Crippen LogP contribution is -2.09. The smallest absolute Gasteiger partial charge is 0.0619 e. The summed E-state index contributed by atoms with van der Waals surface area (Å²) >= 11 is 1.86. The van der Waals surface area contributed by atoms with Crippen molar-refractivity contribution in [2.75, 3.05) is 4.90 Å². The van der Waals surface area contributed by atoms with E-state index in [4.69, 9.17) is 0 Å². The first-order valence-electron chi connectivity index (χ1n) is 21.6. The van der Waals surface area contributed by atoms with E-state index in [0.29, 0.717) is 0 Å². The van der Waals surface area contributed by atoms with Crippen molar-refractivity contribution in [1.82, 2.24) is 4.57 Å². The lowest BCUT2D eigenvalue weighted by molar-refractivity contribution is 1.19. The predicted octanol–water partition coefficient (Wildman–Crippen LogP) is 17.4. The van der Waals surface area contributed by atoms with Crippen LogP contribution in [0.4, 0.5) is 17.1 Å². The van der Waals surface area contributed by atoms with Crippen LogP contribution in [0.25, 0.3) is 102 Å². The number of benzene rings is 11. The topological polar surface area (TPSA) is 8.17 Å². The van der Waals surface area contributed by atoms with Crippen molar-refractivity contribution in [1.29, 1.82) is 0 Å². The van der Waals surface area contributed by atoms with Crippen molar-refractivity contribution in [2.45, 2.75) is 0 Å². The van der Waals surface area contributed by atoms with E-state index in [9.17, 15) is 0 Å². The van der Waals surface area contributed by atoms with Crippen LogP contribution in [0, 0.1) is 0 Å². The van der Waals surface area contributed by atoms with E-state index in [1.54, 1.807) is 0 Å². The summed E-state index contributed by atoms with van der Waals surface area (Å²) in [6, 6.07) is 84.8. The minimum Gasteiger partial charge on any atom is -0.310 e. The molecule has 11 aromatic carbocycles. The van der Waals surface area contributed by atoms with Gasteiger partial charge in [-0.2, -0.15) is 0 Å². The summed E-state index contributed by atoms with van der Waals surface area (Å²) in [5, 5.41) is 12.7. The molecule has 0 spiro atoms. The summed E-state index contributed by atoms with van der Waals surface area (Å²) < 4.78 is 5.05. The average Bonchev–Trinajstić information content (AvgIpc) is 3.90. The minimum atomic E-state index is 1.11. The molecule has 0 N–H and O–H groups in total. The number of fused-ring (bicyclic) bond motifs is 11. The highest BCUT2D eigenvalue weighted by Crippen LogP contribution is 2.43. The molecule has 0 aliphatic rings. The number of hydrogen-bond acceptors (Lipinski definition) is 2. The van der Waals surface area contributed by atoms with Crippen LogP contribution in [0.5, 0.6) is 0 Å². The van der Waals surface area contributed by atoms with Crippen LogP contribution in [-0.2, 0) is 0 Å². The molecule has 2 nitrogen and oxygen atoms in total. The number of hydrogen-bond donors (Lipinski definition) is 0. The molecule has 0 aliphatic heterocycles. The molecule has 0 bridgehead atoms. The van der Waals surface area contributed by atoms with Crippen LogP contribution in [-0.4, -0.2) is 4.57 Å². The molecule has 0 radical (unpaired) electrons. The SMILES string of the molecule is c1ccc(-n2c3cc(-c4ccc(N(c5ccc(-c6ccc7ccc8ccccc8c7c6)cc5)c5ccc6sc7ccccc7c6c5)cc4)ccc3c3ccc4ccccc4c32)cc1. The van der Waals surface area contributed by atoms with Crippen molar-refractivity contribution < 1.29 is 0 Å². The van der Waals surface area contributed by atoms with Crippen LogP contribution in [0.2, 0.25) is 0 Å². The lowest BCUT2D eigenvalue weighted by Gasteiger charge is -2.26. The van der Waals surface area contributed by atoms with Gasteiger partial charge in [0.25, 0.3) is 0 Å². The average molecular weight is 819 g/mol. The zero-order valence-electron chi connectivity index (χ0n) is 34.2. The zero-order chi connectivity index (χ0) is 41.4. The third-order valence-corrected chi connectivity index (χ3v) is 14.1. The summed E-state index contributed by atoms with van der Waals surface area (Å²) in [5.41, 5.74) is 11.7. The maximum Gasteiger partial charge on any atom is 0.0619 e. The highest BCUT2D eigenvalue weighted by Gasteiger charge is 2.18. The third-order valence-electron chi connectivity index (χ3n) is 13.0. The highest BCUT2D eigenvalue weighted by molar-refractivity contribution is 7.25. The number of aromatic nitrogens is 1. The Bertz CT molecular complexity index is 3900. The van der Waals surface area contributed by atoms with Crippen molar-refractivity contribution in [3.05, 3.63) is 231 Å². The van der Waals surface area contributed by atoms with Crippen LogP contribution >= 0.6 is 11.3 Å². The number of para-hydroxylation sites is 1. The van der Waals surface area contributed by atoms with Crippen molar-refractivity contribution >= 4 is 103 Å². The maximum atomic E-state index is 2.45. The standard InChI is InChI=1S/C60H38N2S/c1-2-12-46(13-3-1)62-57-37-45(27-33-52(57)54-34-26-42-11-5-7-15-51(42)60(54)62)40-24-30-48(31-25-40)61(49-32-35-59-56(38-49)53-16-8-9-17-58(53)63-59)47-28-22-39(23-29-47)44-21-20-43-19-18-41-10-4-6-14-50(41)55(43)36-44/h1-38H. The Morgan fingerprint density at radius 2 is 0.825 bits per heavy atom. The normalized spacial score (nSPS) is 11.8. The van der Waals surface area contributed by atoms with E-state index in [1.807, 2.05) is 11.3 Å². The van der Waals surface area contributed by atoms with Gasteiger partial charge in [-0.15, -0.1) is 11.3 Å². The van der Waals surface area contributed by atoms with Crippen LogP contribution in [0.3, 0.4) is 0 Å². The fraction of sp³-hybridized carbons (Fsp3) is 0. The monoisotopic (exact) mass is 818 g/mol. The van der Waals surface area contributed by atoms with Gasteiger partial charge >= 0.3 is 0 Å². The maximum absolute atomic E-state index is 2.45. The molecule has 0 fully saturated rings. The first-order chi connectivity index (χ1) is 31.2. The summed E-state index contributed by atoms with van der Waals surface area (Å²) in [6.07, 6.45) is 0. The fourth-order valence-corrected chi connectivity index (χ4v) is 11.0. The van der Waals surface area contributed by atoms with Crippen LogP contribution in [0.1, 0.15) is 0 Å². The van der Waals surface area contributed by atoms with Gasteiger partial charge in [-0.05, 0) is 122 Å². The summed E-state index contributed by atoms with van der Waals surface area (Å²) in [6.45, 7) is 0. The number of nitrogens with zero attached hydrogens (tertiary/aromatic N) is 2. The Labute approximate surface area is 368 Å². The van der Waals surface area contributed by atoms with Crippen LogP contribution in [0.15, 0.2) is 231 Å². The molecule has 63 heavy (non-hydrogen) atoms. The van der Waals surface area contributed by atoms with Gasteiger partial charge in [0, 0.05) is 59.1 Å². The molecule has 0 saturated carbocycles. The second-order valence-corrected chi connectivity index (χ2v) is 17.6. The summed E-state index contributed by atoms with van der Waals surface area (Å²) in [4.78, 5) is 2.40. The molecule has 2 aromatic heterocycles. The van der Waals surface area contributed by atoms with Gasteiger partial charge in [0.05, 0.1) is 11.0 Å². The molecule has 0 aliphatic carbocycles. The Balaban J connectivity index is 0.927. The quantitative estimate of drug-likeness (QED) is 0.152. The van der Waals surface area contributed by atoms with Gasteiger partial charge in [-0.25, -0.2) is 0 Å². The second kappa shape index (κ2) is 14.3. The fourth-order valence-electron chi connectivity index (χ4n) is 9.89. The van der Waals surface area contributed by atoms with Gasteiger partial charge in [-0.3, -0.25) is 0 Å². The zero-order valence-corrected chi connectivity index (χ0v) is 35.1. The first kappa shape index (κ1) is 35.7. The Morgan fingerprint density at radius 3 is 1.59 bits per heavy atom. The molecular weight excluding hydrogens is 781 g/mol. The molecule has 0 saturated heterocycles. The van der Waals surface area contributed by atoms with E-state index in [-0.39, 0.29) is 0 Å². The summed E-state index contributed by atoms with van der Waals surface area (Å²) in [5.74, 6) is 0. The second-order valence-electron chi connectivity index (χ2n) is 16.5. The number of thiophene rings is 1. The lowest BCUT2D eigenvalue weighted by atomic mass is 9.97. The van der Waals surface area contributed by atoms with E-state index in [0.717, 1.165) is 22.7 Å². The predicted molar refractivity (Wildman–Crippen MR) is 272 cm³/mol. The van der Waals surface area contributed by atoms with Crippen molar-refractivity contribution in [3.8, 4) is 27.9 Å². The molecule has 13 rings (SSSR count). The summed E-state index contributed by atoms with van der Waals surface area (Å²) in [7, 11) is 0. The molecule has 0 amide bonds. The Hall–Kier alpha value is -7.98. The Morgan fingerprint density at radius 1 is 0.302 bits per heavy atom. The van der Waals surface area contributed by atoms with E-state index in [1.165, 1.54) is 96.5 Å². The molecule has 3 heteroatoms. The van der Waals surface area contributed by atoms with E-state index in [2.05, 4.69) is 240 Å². The number of anilines is 3.